The summed E-state index contributed by atoms with van der Waals surface area (Å²) in [5, 5.41) is 0. The maximum Gasteiger partial charge on any atom is -0.147 e. The molecule has 6 heteroatoms. The molecule has 0 saturated carbocycles. The molecule has 3 aromatic rings. The number of aryl methyl sites for hydroxylation is 3. The number of furan rings is 1. The van der Waals surface area contributed by atoms with Gasteiger partial charge in [0.25, 0.3) is 0 Å². The summed E-state index contributed by atoms with van der Waals surface area (Å²) in [6.45, 7) is 19.6. The molecule has 0 saturated heterocycles. The van der Waals surface area contributed by atoms with Crippen LogP contribution in [0.2, 0.25) is 0 Å². The number of rotatable bonds is 5. The van der Waals surface area contributed by atoms with Gasteiger partial charge < -0.3 is 0 Å². The van der Waals surface area contributed by atoms with E-state index in [1.807, 2.05) is 13.0 Å². The third-order valence-corrected chi connectivity index (χ3v) is 7.55. The molecule has 0 bridgehead atoms. The van der Waals surface area contributed by atoms with Gasteiger partial charge in [-0.3, -0.25) is 0 Å². The molecule has 0 aliphatic heterocycles. The quantitative estimate of drug-likeness (QED) is 0.304. The van der Waals surface area contributed by atoms with Crippen LogP contribution in [0.15, 0.2) is 53.1 Å². The zero-order chi connectivity index (χ0) is 23.7. The number of hydrogen-bond donors (Lipinski definition) is 0. The first kappa shape index (κ1) is 30.5. The second kappa shape index (κ2) is 11.9. The Kier molecular flexibility index (Phi) is 10.7. The average molecular weight is 541 g/mol. The predicted octanol–water partition coefficient (Wildman–Crippen LogP) is 8.40. The molecule has 1 aromatic heterocycles. The van der Waals surface area contributed by atoms with E-state index < -0.39 is 18.2 Å². The molecule has 0 unspecified atom stereocenters. The van der Waals surface area contributed by atoms with Crippen LogP contribution in [0.4, 0.5) is 0 Å². The van der Waals surface area contributed by atoms with E-state index in [4.69, 9.17) is 11.1 Å². The van der Waals surface area contributed by atoms with Gasteiger partial charge in [-0.25, -0.2) is 0 Å². The first-order valence-electron chi connectivity index (χ1n) is 11.2. The monoisotopic (exact) mass is 540 g/mol. The summed E-state index contributed by atoms with van der Waals surface area (Å²) in [5.41, 5.74) is 5.85. The molecule has 0 aliphatic carbocycles. The molecule has 186 valence electrons. The molecule has 34 heavy (non-hydrogen) atoms. The first-order chi connectivity index (χ1) is 14.8. The van der Waals surface area contributed by atoms with Crippen molar-refractivity contribution in [3.63, 3.8) is 0 Å². The van der Waals surface area contributed by atoms with Crippen molar-refractivity contribution >= 4 is 29.1 Å². The topological polar surface area (TPSA) is 31.6 Å². The van der Waals surface area contributed by atoms with Crippen molar-refractivity contribution < 1.29 is 29.2 Å². The summed E-state index contributed by atoms with van der Waals surface area (Å²) in [4.78, 5) is 0. The fourth-order valence-electron chi connectivity index (χ4n) is 3.57. The van der Waals surface area contributed by atoms with Gasteiger partial charge in [0.15, 0.2) is 0 Å². The van der Waals surface area contributed by atoms with Crippen LogP contribution in [-0.2, 0) is 29.0 Å². The minimum atomic E-state index is -2.70. The van der Waals surface area contributed by atoms with E-state index in [0.717, 1.165) is 22.8 Å². The van der Waals surface area contributed by atoms with E-state index in [-0.39, 0.29) is 35.6 Å². The second-order valence-corrected chi connectivity index (χ2v) is 12.7. The second-order valence-electron chi connectivity index (χ2n) is 10.6. The third kappa shape index (κ3) is 7.75. The number of halogens is 2. The van der Waals surface area contributed by atoms with E-state index in [1.165, 1.54) is 22.3 Å². The van der Waals surface area contributed by atoms with Crippen LogP contribution in [0.25, 0.3) is 0 Å². The minimum Gasteiger partial charge on any atom is -0.147 e. The van der Waals surface area contributed by atoms with Gasteiger partial charge in [0.05, 0.1) is 0 Å². The summed E-state index contributed by atoms with van der Waals surface area (Å²) < 4.78 is 21.2. The molecule has 1 heterocycles. The van der Waals surface area contributed by atoms with E-state index in [1.54, 1.807) is 6.26 Å². The Morgan fingerprint density at radius 2 is 1.15 bits per heavy atom. The van der Waals surface area contributed by atoms with Crippen LogP contribution in [0, 0.1) is 20.8 Å². The number of benzene rings is 2. The van der Waals surface area contributed by atoms with Crippen molar-refractivity contribution in [1.82, 2.24) is 0 Å². The number of hydrogen-bond acceptors (Lipinski definition) is 3. The van der Waals surface area contributed by atoms with Crippen molar-refractivity contribution in [2.24, 2.45) is 0 Å². The molecule has 3 nitrogen and oxygen atoms in total. The molecule has 0 radical (unpaired) electrons. The Labute approximate surface area is 224 Å². The largest absolute Gasteiger partial charge is 0.147 e. The standard InChI is InChI=1S/2C11H16O.C6H6O.2ClH.Ti/c2*1-8-5-6-10(12)9(7-8)11(2,3)4;1-5-3-4-7-6(5)2;;;/h2*5-7,12H,1-4H3;2-4H,1H3;2*1H;/q;;;;;+2/p-2. The Balaban J connectivity index is 0.00000289. The van der Waals surface area contributed by atoms with Crippen LogP contribution in [0.3, 0.4) is 0 Å². The SMILES string of the molecule is Cc1ccc([O][Ti](=[CH]c2occc2C)[O]c2ccc(C)cc2C(C)(C)C)c(C(C)(C)C)c1.Cl.Cl. The summed E-state index contributed by atoms with van der Waals surface area (Å²) >= 11 is -2.70. The Morgan fingerprint density at radius 3 is 1.50 bits per heavy atom. The first-order valence-corrected chi connectivity index (χ1v) is 13.4. The van der Waals surface area contributed by atoms with Gasteiger partial charge in [-0.1, -0.05) is 0 Å². The molecular formula is C28H38Cl2O3Ti. The van der Waals surface area contributed by atoms with E-state index in [9.17, 15) is 0 Å². The zero-order valence-corrected chi connectivity index (χ0v) is 24.9. The molecule has 0 atom stereocenters. The van der Waals surface area contributed by atoms with Crippen LogP contribution < -0.4 is 6.64 Å². The zero-order valence-electron chi connectivity index (χ0n) is 21.7. The molecule has 2 aromatic carbocycles. The summed E-state index contributed by atoms with van der Waals surface area (Å²) in [6.07, 6.45) is 1.72. The van der Waals surface area contributed by atoms with Crippen LogP contribution >= 0.6 is 24.8 Å². The fourth-order valence-corrected chi connectivity index (χ4v) is 5.85. The fraction of sp³-hybridized carbons (Fsp3) is 0.393. The molecule has 0 spiro atoms. The van der Waals surface area contributed by atoms with Crippen molar-refractivity contribution in [1.29, 1.82) is 0 Å². The van der Waals surface area contributed by atoms with Crippen molar-refractivity contribution in [3.8, 4) is 11.5 Å². The van der Waals surface area contributed by atoms with E-state index >= 15 is 0 Å². The Hall–Kier alpha value is -1.52. The van der Waals surface area contributed by atoms with Gasteiger partial charge >= 0.3 is 200 Å². The van der Waals surface area contributed by atoms with Gasteiger partial charge in [0, 0.05) is 0 Å². The summed E-state index contributed by atoms with van der Waals surface area (Å²) in [7, 11) is 0. The van der Waals surface area contributed by atoms with Gasteiger partial charge in [-0.2, -0.15) is 0 Å². The van der Waals surface area contributed by atoms with E-state index in [0.29, 0.717) is 0 Å². The van der Waals surface area contributed by atoms with Crippen molar-refractivity contribution in [2.75, 3.05) is 0 Å². The maximum atomic E-state index is 6.69. The van der Waals surface area contributed by atoms with Gasteiger partial charge in [-0.05, 0) is 0 Å². The Bertz CT molecular complexity index is 1070. The molecule has 0 fully saturated rings. The van der Waals surface area contributed by atoms with Crippen LogP contribution in [0.5, 0.6) is 11.5 Å². The van der Waals surface area contributed by atoms with Gasteiger partial charge in [-0.15, -0.1) is 24.8 Å². The molecule has 0 amide bonds. The average Bonchev–Trinajstić information content (AvgIpc) is 3.07. The Morgan fingerprint density at radius 1 is 0.706 bits per heavy atom. The third-order valence-electron chi connectivity index (χ3n) is 5.46. The smallest absolute Gasteiger partial charge is 0.147 e. The molecule has 0 N–H and O–H groups in total. The summed E-state index contributed by atoms with van der Waals surface area (Å²) in [6, 6.07) is 14.8. The van der Waals surface area contributed by atoms with Crippen LogP contribution in [0.1, 0.15) is 75.1 Å². The molecule has 0 aliphatic rings. The van der Waals surface area contributed by atoms with Crippen molar-refractivity contribution in [3.05, 3.63) is 82.3 Å². The molecular weight excluding hydrogens is 503 g/mol. The minimum absolute atomic E-state index is 0. The van der Waals surface area contributed by atoms with Gasteiger partial charge in [0.2, 0.25) is 0 Å². The predicted molar refractivity (Wildman–Crippen MR) is 144 cm³/mol. The van der Waals surface area contributed by atoms with E-state index in [2.05, 4.69) is 96.1 Å². The van der Waals surface area contributed by atoms with Crippen LogP contribution in [-0.4, -0.2) is 4.31 Å². The molecule has 3 rings (SSSR count). The maximum absolute atomic E-state index is 6.69. The van der Waals surface area contributed by atoms with Gasteiger partial charge in [0.1, 0.15) is 0 Å². The normalized spacial score (nSPS) is 11.2. The summed E-state index contributed by atoms with van der Waals surface area (Å²) in [5.74, 6) is 2.61. The van der Waals surface area contributed by atoms with Crippen molar-refractivity contribution in [2.45, 2.75) is 73.1 Å².